The van der Waals surface area contributed by atoms with Crippen LogP contribution in [0.15, 0.2) is 40.3 Å². The number of rotatable bonds is 6. The van der Waals surface area contributed by atoms with Crippen molar-refractivity contribution in [1.29, 1.82) is 0 Å². The zero-order valence-corrected chi connectivity index (χ0v) is 13.1. The smallest absolute Gasteiger partial charge is 0.135 e. The van der Waals surface area contributed by atoms with E-state index in [1.807, 2.05) is 24.3 Å². The Balaban J connectivity index is 1.85. The van der Waals surface area contributed by atoms with Gasteiger partial charge >= 0.3 is 0 Å². The molecule has 0 unspecified atom stereocenters. The minimum absolute atomic E-state index is 0.549. The zero-order chi connectivity index (χ0) is 14.7. The Labute approximate surface area is 129 Å². The third kappa shape index (κ3) is 3.67. The summed E-state index contributed by atoms with van der Waals surface area (Å²) in [7, 11) is 1.68. The van der Waals surface area contributed by atoms with E-state index in [-0.39, 0.29) is 0 Å². The van der Waals surface area contributed by atoms with Gasteiger partial charge in [0.2, 0.25) is 0 Å². The SMILES string of the molecule is CCNc1cc(Sc2cccc(OC)c2)nc(C2CC2)n1. The van der Waals surface area contributed by atoms with Crippen molar-refractivity contribution >= 4 is 17.6 Å². The van der Waals surface area contributed by atoms with Crippen LogP contribution in [0.3, 0.4) is 0 Å². The molecular weight excluding hydrogens is 282 g/mol. The van der Waals surface area contributed by atoms with Crippen LogP contribution in [-0.4, -0.2) is 23.6 Å². The van der Waals surface area contributed by atoms with Crippen LogP contribution in [0.2, 0.25) is 0 Å². The van der Waals surface area contributed by atoms with Crippen LogP contribution in [0.5, 0.6) is 5.75 Å². The van der Waals surface area contributed by atoms with Crippen molar-refractivity contribution in [1.82, 2.24) is 9.97 Å². The Morgan fingerprint density at radius 1 is 1.29 bits per heavy atom. The van der Waals surface area contributed by atoms with Gasteiger partial charge in [-0.2, -0.15) is 0 Å². The van der Waals surface area contributed by atoms with Gasteiger partial charge in [0.15, 0.2) is 0 Å². The summed E-state index contributed by atoms with van der Waals surface area (Å²) in [6, 6.07) is 10.0. The second-order valence-electron chi connectivity index (χ2n) is 5.04. The van der Waals surface area contributed by atoms with Crippen LogP contribution in [0.1, 0.15) is 31.5 Å². The number of aromatic nitrogens is 2. The van der Waals surface area contributed by atoms with Gasteiger partial charge in [-0.25, -0.2) is 9.97 Å². The summed E-state index contributed by atoms with van der Waals surface area (Å²) in [4.78, 5) is 10.4. The van der Waals surface area contributed by atoms with Crippen molar-refractivity contribution in [2.24, 2.45) is 0 Å². The minimum Gasteiger partial charge on any atom is -0.497 e. The summed E-state index contributed by atoms with van der Waals surface area (Å²) in [5.74, 6) is 3.30. The molecular formula is C16H19N3OS. The summed E-state index contributed by atoms with van der Waals surface area (Å²) >= 11 is 1.65. The lowest BCUT2D eigenvalue weighted by molar-refractivity contribution is 0.413. The average Bonchev–Trinajstić information content (AvgIpc) is 3.32. The standard InChI is InChI=1S/C16H19N3OS/c1-3-17-14-10-15(19-16(18-14)11-7-8-11)21-13-6-4-5-12(9-13)20-2/h4-6,9-11H,3,7-8H2,1-2H3,(H,17,18,19). The van der Waals surface area contributed by atoms with Gasteiger partial charge in [0.25, 0.3) is 0 Å². The molecule has 3 rings (SSSR count). The molecule has 0 aliphatic heterocycles. The van der Waals surface area contributed by atoms with E-state index in [2.05, 4.69) is 23.3 Å². The summed E-state index contributed by atoms with van der Waals surface area (Å²) < 4.78 is 5.27. The molecule has 0 amide bonds. The lowest BCUT2D eigenvalue weighted by Gasteiger charge is -2.09. The van der Waals surface area contributed by atoms with Gasteiger partial charge in [-0.3, -0.25) is 0 Å². The lowest BCUT2D eigenvalue weighted by Crippen LogP contribution is -2.03. The molecule has 1 heterocycles. The molecule has 0 radical (unpaired) electrons. The molecule has 2 aromatic rings. The Hall–Kier alpha value is -1.75. The van der Waals surface area contributed by atoms with E-state index in [1.165, 1.54) is 12.8 Å². The highest BCUT2D eigenvalue weighted by molar-refractivity contribution is 7.99. The molecule has 1 saturated carbocycles. The van der Waals surface area contributed by atoms with Gasteiger partial charge in [-0.05, 0) is 38.0 Å². The van der Waals surface area contributed by atoms with Gasteiger partial charge in [0.1, 0.15) is 22.4 Å². The molecule has 5 heteroatoms. The molecule has 1 fully saturated rings. The highest BCUT2D eigenvalue weighted by Crippen LogP contribution is 2.40. The van der Waals surface area contributed by atoms with E-state index in [0.29, 0.717) is 5.92 Å². The Bertz CT molecular complexity index is 629. The van der Waals surface area contributed by atoms with Crippen molar-refractivity contribution in [2.75, 3.05) is 19.0 Å². The fourth-order valence-corrected chi connectivity index (χ4v) is 2.95. The third-order valence-electron chi connectivity index (χ3n) is 3.28. The molecule has 0 saturated heterocycles. The molecule has 0 spiro atoms. The molecule has 21 heavy (non-hydrogen) atoms. The summed E-state index contributed by atoms with van der Waals surface area (Å²) in [5.41, 5.74) is 0. The van der Waals surface area contributed by atoms with Crippen LogP contribution in [0.4, 0.5) is 5.82 Å². The Kier molecular flexibility index (Phi) is 4.29. The number of anilines is 1. The molecule has 4 nitrogen and oxygen atoms in total. The summed E-state index contributed by atoms with van der Waals surface area (Å²) in [6.07, 6.45) is 2.41. The van der Waals surface area contributed by atoms with Crippen molar-refractivity contribution in [3.8, 4) is 5.75 Å². The molecule has 1 aromatic carbocycles. The first-order valence-electron chi connectivity index (χ1n) is 7.23. The van der Waals surface area contributed by atoms with Crippen LogP contribution in [0.25, 0.3) is 0 Å². The van der Waals surface area contributed by atoms with Crippen LogP contribution in [0, 0.1) is 0 Å². The number of ether oxygens (including phenoxy) is 1. The molecule has 1 N–H and O–H groups in total. The summed E-state index contributed by atoms with van der Waals surface area (Å²) in [5, 5.41) is 4.27. The van der Waals surface area contributed by atoms with Gasteiger partial charge in [-0.1, -0.05) is 17.8 Å². The fourth-order valence-electron chi connectivity index (χ4n) is 2.08. The monoisotopic (exact) mass is 301 g/mol. The molecule has 0 bridgehead atoms. The second kappa shape index (κ2) is 6.35. The van der Waals surface area contributed by atoms with Crippen LogP contribution < -0.4 is 10.1 Å². The topological polar surface area (TPSA) is 47.0 Å². The predicted molar refractivity (Wildman–Crippen MR) is 85.3 cm³/mol. The average molecular weight is 301 g/mol. The first-order chi connectivity index (χ1) is 10.3. The maximum absolute atomic E-state index is 5.27. The van der Waals surface area contributed by atoms with Gasteiger partial charge in [-0.15, -0.1) is 0 Å². The number of methoxy groups -OCH3 is 1. The van der Waals surface area contributed by atoms with E-state index in [9.17, 15) is 0 Å². The van der Waals surface area contributed by atoms with Gasteiger partial charge in [0, 0.05) is 23.4 Å². The number of benzene rings is 1. The normalized spacial score (nSPS) is 14.0. The van der Waals surface area contributed by atoms with Gasteiger partial charge in [0.05, 0.1) is 7.11 Å². The molecule has 110 valence electrons. The number of hydrogen-bond donors (Lipinski definition) is 1. The van der Waals surface area contributed by atoms with E-state index in [4.69, 9.17) is 9.72 Å². The maximum atomic E-state index is 5.27. The molecule has 0 atom stereocenters. The van der Waals surface area contributed by atoms with E-state index >= 15 is 0 Å². The van der Waals surface area contributed by atoms with Crippen molar-refractivity contribution in [3.63, 3.8) is 0 Å². The highest BCUT2D eigenvalue weighted by Gasteiger charge is 2.27. The molecule has 1 aromatic heterocycles. The van der Waals surface area contributed by atoms with E-state index < -0.39 is 0 Å². The van der Waals surface area contributed by atoms with E-state index in [1.54, 1.807) is 18.9 Å². The quantitative estimate of drug-likeness (QED) is 0.819. The Morgan fingerprint density at radius 2 is 2.14 bits per heavy atom. The Morgan fingerprint density at radius 3 is 2.86 bits per heavy atom. The van der Waals surface area contributed by atoms with Crippen LogP contribution in [-0.2, 0) is 0 Å². The van der Waals surface area contributed by atoms with Crippen molar-refractivity contribution in [3.05, 3.63) is 36.2 Å². The molecule has 1 aliphatic rings. The number of nitrogens with one attached hydrogen (secondary N) is 1. The number of nitrogens with zero attached hydrogens (tertiary/aromatic N) is 2. The molecule has 1 aliphatic carbocycles. The lowest BCUT2D eigenvalue weighted by atomic mass is 10.3. The zero-order valence-electron chi connectivity index (χ0n) is 12.3. The minimum atomic E-state index is 0.549. The van der Waals surface area contributed by atoms with E-state index in [0.717, 1.165) is 33.9 Å². The maximum Gasteiger partial charge on any atom is 0.135 e. The summed E-state index contributed by atoms with van der Waals surface area (Å²) in [6.45, 7) is 2.94. The largest absolute Gasteiger partial charge is 0.497 e. The number of hydrogen-bond acceptors (Lipinski definition) is 5. The van der Waals surface area contributed by atoms with Gasteiger partial charge < -0.3 is 10.1 Å². The second-order valence-corrected chi connectivity index (χ2v) is 6.13. The fraction of sp³-hybridized carbons (Fsp3) is 0.375. The van der Waals surface area contributed by atoms with Crippen molar-refractivity contribution < 1.29 is 4.74 Å². The third-order valence-corrected chi connectivity index (χ3v) is 4.19. The predicted octanol–water partition coefficient (Wildman–Crippen LogP) is 3.95. The van der Waals surface area contributed by atoms with Crippen LogP contribution >= 0.6 is 11.8 Å². The highest BCUT2D eigenvalue weighted by atomic mass is 32.2. The first kappa shape index (κ1) is 14.2. The first-order valence-corrected chi connectivity index (χ1v) is 8.05. The van der Waals surface area contributed by atoms with Crippen molar-refractivity contribution in [2.45, 2.75) is 35.6 Å².